The summed E-state index contributed by atoms with van der Waals surface area (Å²) in [6, 6.07) is 10.5. The van der Waals surface area contributed by atoms with E-state index < -0.39 is 10.8 Å². The third-order valence-electron chi connectivity index (χ3n) is 2.97. The number of hydrazone groups is 1. The standard InChI is InChI=1S/C16H15N3O5/c1-11-5-6-15(20)12(7-11)9-17-18-16(21)10-24-14-4-2-3-13(8-14)19(22)23/h2-9,20H,10H2,1H3,(H,18,21). The summed E-state index contributed by atoms with van der Waals surface area (Å²) in [5, 5.41) is 24.0. The Balaban J connectivity index is 1.87. The summed E-state index contributed by atoms with van der Waals surface area (Å²) in [5.74, 6) is -0.281. The summed E-state index contributed by atoms with van der Waals surface area (Å²) in [7, 11) is 0. The topological polar surface area (TPSA) is 114 Å². The Morgan fingerprint density at radius 3 is 2.92 bits per heavy atom. The normalized spacial score (nSPS) is 10.5. The Morgan fingerprint density at radius 2 is 2.17 bits per heavy atom. The van der Waals surface area contributed by atoms with Crippen LogP contribution in [-0.2, 0) is 4.79 Å². The summed E-state index contributed by atoms with van der Waals surface area (Å²) < 4.78 is 5.16. The van der Waals surface area contributed by atoms with Crippen molar-refractivity contribution in [3.63, 3.8) is 0 Å². The number of nitrogens with zero attached hydrogens (tertiary/aromatic N) is 2. The van der Waals surface area contributed by atoms with E-state index in [1.54, 1.807) is 12.1 Å². The minimum Gasteiger partial charge on any atom is -0.507 e. The van der Waals surface area contributed by atoms with Crippen molar-refractivity contribution >= 4 is 17.8 Å². The Labute approximate surface area is 137 Å². The summed E-state index contributed by atoms with van der Waals surface area (Å²) >= 11 is 0. The van der Waals surface area contributed by atoms with Crippen LogP contribution in [0.5, 0.6) is 11.5 Å². The van der Waals surface area contributed by atoms with Crippen molar-refractivity contribution < 1.29 is 19.6 Å². The number of carbonyl (C=O) groups excluding carboxylic acids is 1. The number of carbonyl (C=O) groups is 1. The van der Waals surface area contributed by atoms with E-state index in [-0.39, 0.29) is 23.8 Å². The molecule has 0 aliphatic rings. The van der Waals surface area contributed by atoms with Gasteiger partial charge in [-0.25, -0.2) is 5.43 Å². The predicted octanol–water partition coefficient (Wildman–Crippen LogP) is 2.14. The quantitative estimate of drug-likeness (QED) is 0.479. The summed E-state index contributed by atoms with van der Waals surface area (Å²) in [6.07, 6.45) is 1.31. The lowest BCUT2D eigenvalue weighted by Crippen LogP contribution is -2.24. The monoisotopic (exact) mass is 329 g/mol. The number of aromatic hydroxyl groups is 1. The minimum atomic E-state index is -0.550. The van der Waals surface area contributed by atoms with E-state index >= 15 is 0 Å². The molecule has 0 fully saturated rings. The fraction of sp³-hybridized carbons (Fsp3) is 0.125. The number of hydrogen-bond donors (Lipinski definition) is 2. The lowest BCUT2D eigenvalue weighted by Gasteiger charge is -2.05. The molecule has 0 saturated carbocycles. The molecule has 8 heteroatoms. The van der Waals surface area contributed by atoms with Crippen LogP contribution >= 0.6 is 0 Å². The maximum Gasteiger partial charge on any atom is 0.277 e. The molecule has 0 bridgehead atoms. The average Bonchev–Trinajstić information content (AvgIpc) is 2.56. The van der Waals surface area contributed by atoms with Gasteiger partial charge in [-0.15, -0.1) is 0 Å². The number of ether oxygens (including phenoxy) is 1. The first-order chi connectivity index (χ1) is 11.5. The van der Waals surface area contributed by atoms with Gasteiger partial charge in [0, 0.05) is 11.6 Å². The zero-order chi connectivity index (χ0) is 17.5. The maximum absolute atomic E-state index is 11.6. The van der Waals surface area contributed by atoms with E-state index in [1.807, 2.05) is 6.92 Å². The number of rotatable bonds is 6. The number of aryl methyl sites for hydroxylation is 1. The Kier molecular flexibility index (Phi) is 5.45. The van der Waals surface area contributed by atoms with Gasteiger partial charge in [0.1, 0.15) is 11.5 Å². The van der Waals surface area contributed by atoms with Crippen molar-refractivity contribution in [2.45, 2.75) is 6.92 Å². The van der Waals surface area contributed by atoms with Gasteiger partial charge >= 0.3 is 0 Å². The van der Waals surface area contributed by atoms with E-state index in [9.17, 15) is 20.0 Å². The van der Waals surface area contributed by atoms with Crippen LogP contribution in [0, 0.1) is 17.0 Å². The molecule has 0 heterocycles. The van der Waals surface area contributed by atoms with Crippen LogP contribution in [0.1, 0.15) is 11.1 Å². The molecule has 24 heavy (non-hydrogen) atoms. The number of non-ortho nitro benzene ring substituents is 1. The number of nitro benzene ring substituents is 1. The second-order valence-corrected chi connectivity index (χ2v) is 4.90. The van der Waals surface area contributed by atoms with Gasteiger partial charge in [0.25, 0.3) is 11.6 Å². The molecule has 0 aromatic heterocycles. The fourth-order valence-electron chi connectivity index (χ4n) is 1.82. The molecule has 0 saturated heterocycles. The van der Waals surface area contributed by atoms with Gasteiger partial charge in [0.15, 0.2) is 6.61 Å². The molecule has 0 unspecified atom stereocenters. The number of phenolic OH excluding ortho intramolecular Hbond substituents is 1. The fourth-order valence-corrected chi connectivity index (χ4v) is 1.82. The highest BCUT2D eigenvalue weighted by molar-refractivity contribution is 5.85. The molecule has 2 aromatic rings. The summed E-state index contributed by atoms with van der Waals surface area (Å²) in [4.78, 5) is 21.7. The molecule has 0 spiro atoms. The van der Waals surface area contributed by atoms with Crippen LogP contribution in [0.25, 0.3) is 0 Å². The molecule has 8 nitrogen and oxygen atoms in total. The van der Waals surface area contributed by atoms with E-state index in [0.29, 0.717) is 5.56 Å². The molecule has 2 rings (SSSR count). The van der Waals surface area contributed by atoms with E-state index in [2.05, 4.69) is 10.5 Å². The minimum absolute atomic E-state index is 0.0476. The van der Waals surface area contributed by atoms with E-state index in [1.165, 1.54) is 36.5 Å². The number of nitro groups is 1. The van der Waals surface area contributed by atoms with Crippen molar-refractivity contribution in [1.29, 1.82) is 0 Å². The van der Waals surface area contributed by atoms with E-state index in [4.69, 9.17) is 4.74 Å². The number of hydrogen-bond acceptors (Lipinski definition) is 6. The third-order valence-corrected chi connectivity index (χ3v) is 2.97. The van der Waals surface area contributed by atoms with Crippen molar-refractivity contribution in [3.8, 4) is 11.5 Å². The smallest absolute Gasteiger partial charge is 0.277 e. The third kappa shape index (κ3) is 4.80. The van der Waals surface area contributed by atoms with Crippen molar-refractivity contribution in [3.05, 3.63) is 63.7 Å². The molecule has 2 N–H and O–H groups in total. The van der Waals surface area contributed by atoms with Gasteiger partial charge in [-0.2, -0.15) is 5.10 Å². The largest absolute Gasteiger partial charge is 0.507 e. The molecular weight excluding hydrogens is 314 g/mol. The first-order valence-corrected chi connectivity index (χ1v) is 6.94. The molecule has 0 aliphatic carbocycles. The number of amides is 1. The first-order valence-electron chi connectivity index (χ1n) is 6.94. The highest BCUT2D eigenvalue weighted by atomic mass is 16.6. The molecule has 0 atom stereocenters. The SMILES string of the molecule is Cc1ccc(O)c(C=NNC(=O)COc2cccc([N+](=O)[O-])c2)c1. The molecular formula is C16H15N3O5. The van der Waals surface area contributed by atoms with Gasteiger partial charge in [-0.05, 0) is 25.1 Å². The van der Waals surface area contributed by atoms with Gasteiger partial charge in [-0.1, -0.05) is 17.7 Å². The zero-order valence-corrected chi connectivity index (χ0v) is 12.8. The van der Waals surface area contributed by atoms with Crippen molar-refractivity contribution in [2.75, 3.05) is 6.61 Å². The Morgan fingerprint density at radius 1 is 1.38 bits per heavy atom. The molecule has 0 radical (unpaired) electrons. The Hall–Kier alpha value is -3.42. The number of benzene rings is 2. The van der Waals surface area contributed by atoms with Gasteiger partial charge in [-0.3, -0.25) is 14.9 Å². The highest BCUT2D eigenvalue weighted by Gasteiger charge is 2.08. The van der Waals surface area contributed by atoms with Gasteiger partial charge in [0.05, 0.1) is 17.2 Å². The summed E-state index contributed by atoms with van der Waals surface area (Å²) in [5.41, 5.74) is 3.53. The molecule has 2 aromatic carbocycles. The van der Waals surface area contributed by atoms with Crippen molar-refractivity contribution in [2.24, 2.45) is 5.10 Å². The van der Waals surface area contributed by atoms with Crippen molar-refractivity contribution in [1.82, 2.24) is 5.43 Å². The highest BCUT2D eigenvalue weighted by Crippen LogP contribution is 2.19. The van der Waals surface area contributed by atoms with Crippen LogP contribution in [-0.4, -0.2) is 28.8 Å². The number of nitrogens with one attached hydrogen (secondary N) is 1. The average molecular weight is 329 g/mol. The van der Waals surface area contributed by atoms with Gasteiger partial charge in [0.2, 0.25) is 0 Å². The predicted molar refractivity (Wildman–Crippen MR) is 87.2 cm³/mol. The second-order valence-electron chi connectivity index (χ2n) is 4.90. The number of phenols is 1. The summed E-state index contributed by atoms with van der Waals surface area (Å²) in [6.45, 7) is 1.51. The van der Waals surface area contributed by atoms with E-state index in [0.717, 1.165) is 5.56 Å². The molecule has 124 valence electrons. The molecule has 1 amide bonds. The maximum atomic E-state index is 11.6. The van der Waals surface area contributed by atoms with Crippen LogP contribution in [0.3, 0.4) is 0 Å². The van der Waals surface area contributed by atoms with Crippen LogP contribution in [0.2, 0.25) is 0 Å². The molecule has 0 aliphatic heterocycles. The lowest BCUT2D eigenvalue weighted by molar-refractivity contribution is -0.384. The first kappa shape index (κ1) is 16.9. The lowest BCUT2D eigenvalue weighted by atomic mass is 10.1. The second kappa shape index (κ2) is 7.73. The van der Waals surface area contributed by atoms with Gasteiger partial charge < -0.3 is 9.84 Å². The van der Waals surface area contributed by atoms with Crippen LogP contribution in [0.15, 0.2) is 47.6 Å². The Bertz CT molecular complexity index is 789. The van der Waals surface area contributed by atoms with Crippen LogP contribution in [0.4, 0.5) is 5.69 Å². The zero-order valence-electron chi connectivity index (χ0n) is 12.8. The van der Waals surface area contributed by atoms with Crippen LogP contribution < -0.4 is 10.2 Å².